The topological polar surface area (TPSA) is 60.8 Å². The number of piperidine rings is 1. The lowest BCUT2D eigenvalue weighted by Gasteiger charge is -2.41. The Kier molecular flexibility index (Phi) is 2.90. The van der Waals surface area contributed by atoms with Crippen LogP contribution in [0.4, 0.5) is 4.79 Å². The maximum absolute atomic E-state index is 10.8. The normalized spacial score (nSPS) is 30.4. The van der Waals surface area contributed by atoms with Crippen molar-refractivity contribution in [1.82, 2.24) is 4.90 Å². The summed E-state index contributed by atoms with van der Waals surface area (Å²) in [6, 6.07) is 3.83. The van der Waals surface area contributed by atoms with E-state index in [0.29, 0.717) is 19.5 Å². The zero-order valence-electron chi connectivity index (χ0n) is 9.09. The number of carboxylic acid groups (broad SMARTS) is 1. The number of nitrogens with zero attached hydrogens (tertiary/aromatic N) is 1. The van der Waals surface area contributed by atoms with Crippen LogP contribution in [0.1, 0.15) is 18.2 Å². The van der Waals surface area contributed by atoms with Gasteiger partial charge in [0.1, 0.15) is 5.60 Å². The molecule has 88 valence electrons. The number of likely N-dealkylation sites (tertiary alicyclic amines) is 1. The lowest BCUT2D eigenvalue weighted by Crippen LogP contribution is -2.50. The van der Waals surface area contributed by atoms with Crippen LogP contribution in [0.2, 0.25) is 0 Å². The molecular formula is C11H15NO3S. The van der Waals surface area contributed by atoms with Crippen LogP contribution in [0.5, 0.6) is 0 Å². The number of thiophene rings is 1. The molecule has 2 rings (SSSR count). The quantitative estimate of drug-likeness (QED) is 0.790. The number of amides is 1. The first-order valence-electron chi connectivity index (χ1n) is 5.28. The fourth-order valence-electron chi connectivity index (χ4n) is 2.19. The molecule has 1 fully saturated rings. The van der Waals surface area contributed by atoms with E-state index in [0.717, 1.165) is 4.88 Å². The highest BCUT2D eigenvalue weighted by molar-refractivity contribution is 7.10. The summed E-state index contributed by atoms with van der Waals surface area (Å²) in [5.41, 5.74) is -0.861. The van der Waals surface area contributed by atoms with Gasteiger partial charge in [-0.05, 0) is 17.9 Å². The number of aliphatic hydroxyl groups is 1. The minimum atomic E-state index is -0.903. The van der Waals surface area contributed by atoms with Crippen LogP contribution < -0.4 is 0 Å². The first kappa shape index (κ1) is 11.4. The van der Waals surface area contributed by atoms with Gasteiger partial charge in [0, 0.05) is 23.9 Å². The Balaban J connectivity index is 2.18. The van der Waals surface area contributed by atoms with Crippen LogP contribution in [0, 0.1) is 5.92 Å². The Morgan fingerprint density at radius 3 is 2.94 bits per heavy atom. The van der Waals surface area contributed by atoms with Gasteiger partial charge in [0.15, 0.2) is 0 Å². The largest absolute Gasteiger partial charge is 0.465 e. The van der Waals surface area contributed by atoms with Gasteiger partial charge in [-0.2, -0.15) is 0 Å². The Morgan fingerprint density at radius 2 is 2.44 bits per heavy atom. The first-order valence-corrected chi connectivity index (χ1v) is 6.16. The van der Waals surface area contributed by atoms with Crippen molar-refractivity contribution >= 4 is 17.4 Å². The summed E-state index contributed by atoms with van der Waals surface area (Å²) in [6.45, 7) is 2.69. The van der Waals surface area contributed by atoms with E-state index < -0.39 is 11.7 Å². The molecule has 0 aromatic carbocycles. The average molecular weight is 241 g/mol. The summed E-state index contributed by atoms with van der Waals surface area (Å²) in [7, 11) is 0. The van der Waals surface area contributed by atoms with Gasteiger partial charge in [0.25, 0.3) is 0 Å². The van der Waals surface area contributed by atoms with Gasteiger partial charge < -0.3 is 15.1 Å². The molecule has 0 radical (unpaired) electrons. The smallest absolute Gasteiger partial charge is 0.407 e. The van der Waals surface area contributed by atoms with E-state index in [4.69, 9.17) is 5.11 Å². The molecule has 4 nitrogen and oxygen atoms in total. The van der Waals surface area contributed by atoms with E-state index >= 15 is 0 Å². The van der Waals surface area contributed by atoms with Crippen LogP contribution >= 0.6 is 11.3 Å². The second-order valence-electron chi connectivity index (χ2n) is 4.28. The van der Waals surface area contributed by atoms with Crippen molar-refractivity contribution in [2.24, 2.45) is 5.92 Å². The molecular weight excluding hydrogens is 226 g/mol. The van der Waals surface area contributed by atoms with Gasteiger partial charge in [-0.1, -0.05) is 13.0 Å². The van der Waals surface area contributed by atoms with Crippen LogP contribution in [-0.4, -0.2) is 34.3 Å². The van der Waals surface area contributed by atoms with E-state index in [9.17, 15) is 9.90 Å². The van der Waals surface area contributed by atoms with Gasteiger partial charge in [0.2, 0.25) is 0 Å². The third kappa shape index (κ3) is 1.81. The predicted molar refractivity (Wildman–Crippen MR) is 61.6 cm³/mol. The summed E-state index contributed by atoms with van der Waals surface area (Å²) in [4.78, 5) is 13.1. The molecule has 0 bridgehead atoms. The molecule has 0 spiro atoms. The Morgan fingerprint density at radius 1 is 1.69 bits per heavy atom. The Bertz CT molecular complexity index is 379. The molecule has 1 aromatic rings. The fraction of sp³-hybridized carbons (Fsp3) is 0.545. The number of rotatable bonds is 1. The second kappa shape index (κ2) is 4.07. The molecule has 1 aromatic heterocycles. The van der Waals surface area contributed by atoms with Crippen molar-refractivity contribution < 1.29 is 15.0 Å². The van der Waals surface area contributed by atoms with Crippen LogP contribution in [0.15, 0.2) is 17.5 Å². The highest BCUT2D eigenvalue weighted by Gasteiger charge is 2.42. The van der Waals surface area contributed by atoms with Crippen LogP contribution in [0.25, 0.3) is 0 Å². The maximum atomic E-state index is 10.8. The zero-order chi connectivity index (χ0) is 11.8. The Labute approximate surface area is 98.1 Å². The summed E-state index contributed by atoms with van der Waals surface area (Å²) < 4.78 is 0. The molecule has 16 heavy (non-hydrogen) atoms. The zero-order valence-corrected chi connectivity index (χ0v) is 9.91. The summed E-state index contributed by atoms with van der Waals surface area (Å²) >= 11 is 1.53. The second-order valence-corrected chi connectivity index (χ2v) is 5.23. The number of hydrogen-bond donors (Lipinski definition) is 2. The highest BCUT2D eigenvalue weighted by atomic mass is 32.1. The van der Waals surface area contributed by atoms with Gasteiger partial charge >= 0.3 is 6.09 Å². The minimum Gasteiger partial charge on any atom is -0.465 e. The minimum absolute atomic E-state index is 0.0731. The molecule has 2 heterocycles. The summed E-state index contributed by atoms with van der Waals surface area (Å²) in [5.74, 6) is -0.0731. The molecule has 1 aliphatic heterocycles. The molecule has 1 aliphatic rings. The van der Waals surface area contributed by atoms with Gasteiger partial charge in [-0.3, -0.25) is 0 Å². The van der Waals surface area contributed by atoms with Crippen LogP contribution in [0.3, 0.4) is 0 Å². The third-order valence-electron chi connectivity index (χ3n) is 3.29. The van der Waals surface area contributed by atoms with E-state index in [1.54, 1.807) is 0 Å². The molecule has 0 aliphatic carbocycles. The SMILES string of the molecule is C[C@H]1CN(C(=O)O)CC[C@]1(O)c1cccs1. The lowest BCUT2D eigenvalue weighted by molar-refractivity contribution is -0.0626. The maximum Gasteiger partial charge on any atom is 0.407 e. The number of hydrogen-bond acceptors (Lipinski definition) is 3. The van der Waals surface area contributed by atoms with Gasteiger partial charge in [-0.15, -0.1) is 11.3 Å². The standard InChI is InChI=1S/C11H15NO3S/c1-8-7-12(10(13)14)5-4-11(8,15)9-3-2-6-16-9/h2-3,6,8,15H,4-5,7H2,1H3,(H,13,14)/t8-,11+/m0/s1. The third-order valence-corrected chi connectivity index (χ3v) is 4.33. The van der Waals surface area contributed by atoms with Crippen molar-refractivity contribution in [1.29, 1.82) is 0 Å². The van der Waals surface area contributed by atoms with E-state index in [-0.39, 0.29) is 5.92 Å². The average Bonchev–Trinajstić information content (AvgIpc) is 2.75. The molecule has 5 heteroatoms. The van der Waals surface area contributed by atoms with Crippen LogP contribution in [-0.2, 0) is 5.60 Å². The van der Waals surface area contributed by atoms with Crippen molar-refractivity contribution in [3.05, 3.63) is 22.4 Å². The monoisotopic (exact) mass is 241 g/mol. The molecule has 1 saturated heterocycles. The lowest BCUT2D eigenvalue weighted by atomic mass is 9.81. The summed E-state index contributed by atoms with van der Waals surface area (Å²) in [5, 5.41) is 21.4. The highest BCUT2D eigenvalue weighted by Crippen LogP contribution is 2.39. The van der Waals surface area contributed by atoms with Crippen molar-refractivity contribution in [2.45, 2.75) is 18.9 Å². The molecule has 2 atom stereocenters. The molecule has 1 amide bonds. The van der Waals surface area contributed by atoms with E-state index in [1.807, 2.05) is 24.4 Å². The molecule has 2 N–H and O–H groups in total. The fourth-order valence-corrected chi connectivity index (χ4v) is 3.16. The van der Waals surface area contributed by atoms with E-state index in [2.05, 4.69) is 0 Å². The molecule has 0 unspecified atom stereocenters. The van der Waals surface area contributed by atoms with Gasteiger partial charge in [-0.25, -0.2) is 4.79 Å². The first-order chi connectivity index (χ1) is 7.54. The van der Waals surface area contributed by atoms with Crippen molar-refractivity contribution in [3.8, 4) is 0 Å². The molecule has 0 saturated carbocycles. The summed E-state index contributed by atoms with van der Waals surface area (Å²) in [6.07, 6.45) is -0.430. The van der Waals surface area contributed by atoms with Gasteiger partial charge in [0.05, 0.1) is 0 Å². The predicted octanol–water partition coefficient (Wildman–Crippen LogP) is 1.96. The number of carbonyl (C=O) groups is 1. The van der Waals surface area contributed by atoms with E-state index in [1.165, 1.54) is 16.2 Å². The Hall–Kier alpha value is -1.07. The van der Waals surface area contributed by atoms with Crippen molar-refractivity contribution in [2.75, 3.05) is 13.1 Å². The van der Waals surface area contributed by atoms with Crippen molar-refractivity contribution in [3.63, 3.8) is 0 Å².